The van der Waals surface area contributed by atoms with Crippen LogP contribution in [0.25, 0.3) is 0 Å². The van der Waals surface area contributed by atoms with Gasteiger partial charge in [-0.05, 0) is 24.1 Å². The molecule has 1 aromatic carbocycles. The summed E-state index contributed by atoms with van der Waals surface area (Å²) in [5, 5.41) is 11.8. The Kier molecular flexibility index (Phi) is 4.63. The number of methoxy groups -OCH3 is 1. The summed E-state index contributed by atoms with van der Waals surface area (Å²) in [6.45, 7) is 2.09. The van der Waals surface area contributed by atoms with E-state index in [1.54, 1.807) is 12.0 Å². The van der Waals surface area contributed by atoms with E-state index in [2.05, 4.69) is 5.32 Å². The van der Waals surface area contributed by atoms with Gasteiger partial charge in [0.05, 0.1) is 7.11 Å². The second-order valence-electron chi connectivity index (χ2n) is 4.78. The van der Waals surface area contributed by atoms with Crippen LogP contribution in [0.2, 0.25) is 0 Å². The maximum Gasteiger partial charge on any atom is 0.317 e. The molecule has 0 atom stereocenters. The molecular weight excluding hydrogens is 244 g/mol. The van der Waals surface area contributed by atoms with E-state index in [1.807, 2.05) is 24.3 Å². The fourth-order valence-corrected chi connectivity index (χ4v) is 2.07. The van der Waals surface area contributed by atoms with Crippen molar-refractivity contribution in [1.29, 1.82) is 0 Å². The summed E-state index contributed by atoms with van der Waals surface area (Å²) in [6.07, 6.45) is 0.799. The number of urea groups is 1. The molecule has 5 heteroatoms. The Morgan fingerprint density at radius 1 is 1.42 bits per heavy atom. The number of nitrogens with zero attached hydrogens (tertiary/aromatic N) is 1. The summed E-state index contributed by atoms with van der Waals surface area (Å²) >= 11 is 0. The Labute approximate surface area is 113 Å². The number of carbonyl (C=O) groups is 1. The quantitative estimate of drug-likeness (QED) is 0.829. The predicted molar refractivity (Wildman–Crippen MR) is 72.2 cm³/mol. The van der Waals surface area contributed by atoms with Crippen molar-refractivity contribution in [3.63, 3.8) is 0 Å². The minimum absolute atomic E-state index is 0.0433. The topological polar surface area (TPSA) is 61.8 Å². The molecule has 0 radical (unpaired) electrons. The number of likely N-dealkylation sites (tertiary alicyclic amines) is 1. The largest absolute Gasteiger partial charge is 0.497 e. The average molecular weight is 264 g/mol. The third-order valence-corrected chi connectivity index (χ3v) is 3.35. The van der Waals surface area contributed by atoms with Gasteiger partial charge in [-0.3, -0.25) is 0 Å². The number of benzene rings is 1. The molecular formula is C14H20N2O3. The molecule has 2 rings (SSSR count). The smallest absolute Gasteiger partial charge is 0.317 e. The summed E-state index contributed by atoms with van der Waals surface area (Å²) in [7, 11) is 1.64. The zero-order valence-corrected chi connectivity index (χ0v) is 11.1. The first-order chi connectivity index (χ1) is 9.22. The molecule has 104 valence electrons. The summed E-state index contributed by atoms with van der Waals surface area (Å²) in [5.41, 5.74) is 1.16. The molecule has 1 aliphatic rings. The van der Waals surface area contributed by atoms with Crippen LogP contribution in [-0.2, 0) is 6.42 Å². The average Bonchev–Trinajstić information content (AvgIpc) is 2.38. The van der Waals surface area contributed by atoms with E-state index in [9.17, 15) is 4.79 Å². The van der Waals surface area contributed by atoms with Crippen molar-refractivity contribution in [3.8, 4) is 5.75 Å². The van der Waals surface area contributed by atoms with Crippen LogP contribution in [0, 0.1) is 5.92 Å². The molecule has 1 fully saturated rings. The first-order valence-electron chi connectivity index (χ1n) is 6.49. The molecule has 0 unspecified atom stereocenters. The van der Waals surface area contributed by atoms with Crippen LogP contribution < -0.4 is 10.1 Å². The van der Waals surface area contributed by atoms with Crippen molar-refractivity contribution >= 4 is 6.03 Å². The van der Waals surface area contributed by atoms with Crippen LogP contribution in [-0.4, -0.2) is 49.4 Å². The van der Waals surface area contributed by atoms with Gasteiger partial charge in [0.1, 0.15) is 5.75 Å². The van der Waals surface area contributed by atoms with Gasteiger partial charge in [-0.25, -0.2) is 4.79 Å². The van der Waals surface area contributed by atoms with Crippen molar-refractivity contribution in [2.75, 3.05) is 33.4 Å². The van der Waals surface area contributed by atoms with Crippen LogP contribution in [0.1, 0.15) is 5.56 Å². The summed E-state index contributed by atoms with van der Waals surface area (Å²) < 4.78 is 5.09. The van der Waals surface area contributed by atoms with E-state index in [0.717, 1.165) is 17.7 Å². The van der Waals surface area contributed by atoms with Gasteiger partial charge in [-0.2, -0.15) is 0 Å². The number of aliphatic hydroxyl groups is 1. The van der Waals surface area contributed by atoms with Gasteiger partial charge in [-0.15, -0.1) is 0 Å². The fraction of sp³-hybridized carbons (Fsp3) is 0.500. The highest BCUT2D eigenvalue weighted by Crippen LogP contribution is 2.14. The third-order valence-electron chi connectivity index (χ3n) is 3.35. The lowest BCUT2D eigenvalue weighted by Gasteiger charge is -2.38. The van der Waals surface area contributed by atoms with Gasteiger partial charge in [-0.1, -0.05) is 12.1 Å². The Morgan fingerprint density at radius 3 is 2.68 bits per heavy atom. The molecule has 0 saturated carbocycles. The minimum atomic E-state index is -0.0433. The number of hydrogen-bond acceptors (Lipinski definition) is 3. The van der Waals surface area contributed by atoms with E-state index in [-0.39, 0.29) is 18.6 Å². The first-order valence-corrected chi connectivity index (χ1v) is 6.49. The molecule has 1 heterocycles. The summed E-state index contributed by atoms with van der Waals surface area (Å²) in [6, 6.07) is 7.78. The standard InChI is InChI=1S/C14H20N2O3/c1-19-13-4-2-11(3-5-13)6-7-15-14(18)16-8-12(9-16)10-17/h2-5,12,17H,6-10H2,1H3,(H,15,18). The highest BCUT2D eigenvalue weighted by molar-refractivity contribution is 5.75. The Morgan fingerprint density at radius 2 is 2.11 bits per heavy atom. The van der Waals surface area contributed by atoms with Crippen LogP contribution in [0.4, 0.5) is 4.79 Å². The molecule has 2 amide bonds. The monoisotopic (exact) mass is 264 g/mol. The minimum Gasteiger partial charge on any atom is -0.497 e. The van der Waals surface area contributed by atoms with Crippen molar-refractivity contribution in [1.82, 2.24) is 10.2 Å². The molecule has 0 aliphatic carbocycles. The number of rotatable bonds is 5. The van der Waals surface area contributed by atoms with Crippen LogP contribution >= 0.6 is 0 Å². The van der Waals surface area contributed by atoms with Crippen LogP contribution in [0.3, 0.4) is 0 Å². The van der Waals surface area contributed by atoms with Crippen molar-refractivity contribution in [3.05, 3.63) is 29.8 Å². The second-order valence-corrected chi connectivity index (χ2v) is 4.78. The normalized spacial score (nSPS) is 14.9. The lowest BCUT2D eigenvalue weighted by Crippen LogP contribution is -2.55. The van der Waals surface area contributed by atoms with Crippen LogP contribution in [0.15, 0.2) is 24.3 Å². The second kappa shape index (κ2) is 6.43. The number of amides is 2. The number of ether oxygens (including phenoxy) is 1. The predicted octanol–water partition coefficient (Wildman–Crippen LogP) is 0.871. The molecule has 0 aromatic heterocycles. The van der Waals surface area contributed by atoms with Crippen LogP contribution in [0.5, 0.6) is 5.75 Å². The highest BCUT2D eigenvalue weighted by atomic mass is 16.5. The van der Waals surface area contributed by atoms with Gasteiger partial charge in [0.15, 0.2) is 0 Å². The van der Waals surface area contributed by atoms with E-state index in [1.165, 1.54) is 0 Å². The molecule has 1 aromatic rings. The number of aliphatic hydroxyl groups excluding tert-OH is 1. The third kappa shape index (κ3) is 3.61. The molecule has 2 N–H and O–H groups in total. The van der Waals surface area contributed by atoms with Gasteiger partial charge in [0.25, 0.3) is 0 Å². The highest BCUT2D eigenvalue weighted by Gasteiger charge is 2.29. The van der Waals surface area contributed by atoms with E-state index in [0.29, 0.717) is 19.6 Å². The lowest BCUT2D eigenvalue weighted by atomic mass is 10.0. The van der Waals surface area contributed by atoms with Crippen molar-refractivity contribution < 1.29 is 14.6 Å². The van der Waals surface area contributed by atoms with Gasteiger partial charge in [0, 0.05) is 32.2 Å². The zero-order chi connectivity index (χ0) is 13.7. The molecule has 0 spiro atoms. The molecule has 0 bridgehead atoms. The van der Waals surface area contributed by atoms with Crippen molar-refractivity contribution in [2.45, 2.75) is 6.42 Å². The van der Waals surface area contributed by atoms with E-state index in [4.69, 9.17) is 9.84 Å². The number of hydrogen-bond donors (Lipinski definition) is 2. The lowest BCUT2D eigenvalue weighted by molar-refractivity contribution is 0.0778. The summed E-state index contributed by atoms with van der Waals surface area (Å²) in [5.74, 6) is 1.09. The number of carbonyl (C=O) groups excluding carboxylic acids is 1. The fourth-order valence-electron chi connectivity index (χ4n) is 2.07. The van der Waals surface area contributed by atoms with Gasteiger partial charge in [0.2, 0.25) is 0 Å². The number of nitrogens with one attached hydrogen (secondary N) is 1. The van der Waals surface area contributed by atoms with E-state index < -0.39 is 0 Å². The maximum atomic E-state index is 11.7. The maximum absolute atomic E-state index is 11.7. The summed E-state index contributed by atoms with van der Waals surface area (Å²) in [4.78, 5) is 13.4. The zero-order valence-electron chi connectivity index (χ0n) is 11.1. The Bertz CT molecular complexity index is 413. The molecule has 1 aliphatic heterocycles. The Hall–Kier alpha value is -1.75. The van der Waals surface area contributed by atoms with Gasteiger partial charge >= 0.3 is 6.03 Å². The molecule has 5 nitrogen and oxygen atoms in total. The molecule has 19 heavy (non-hydrogen) atoms. The first kappa shape index (κ1) is 13.7. The van der Waals surface area contributed by atoms with Crippen molar-refractivity contribution in [2.24, 2.45) is 5.92 Å². The molecule has 1 saturated heterocycles. The van der Waals surface area contributed by atoms with Gasteiger partial charge < -0.3 is 20.1 Å². The SMILES string of the molecule is COc1ccc(CCNC(=O)N2CC(CO)C2)cc1. The Balaban J connectivity index is 1.67. The van der Waals surface area contributed by atoms with E-state index >= 15 is 0 Å².